The number of para-hydroxylation sites is 1. The monoisotopic (exact) mass is 368 g/mol. The number of rotatable bonds is 6. The average Bonchev–Trinajstić information content (AvgIpc) is 2.60. The largest absolute Gasteiger partial charge is 0.346 e. The Morgan fingerprint density at radius 2 is 1.70 bits per heavy atom. The van der Waals surface area contributed by atoms with Gasteiger partial charge < -0.3 is 5.32 Å². The van der Waals surface area contributed by atoms with Crippen LogP contribution in [0, 0.1) is 0 Å². The summed E-state index contributed by atoms with van der Waals surface area (Å²) in [7, 11) is 0. The average molecular weight is 368 g/mol. The lowest BCUT2D eigenvalue weighted by Gasteiger charge is -2.33. The van der Waals surface area contributed by atoms with Gasteiger partial charge in [0.2, 0.25) is 5.92 Å². The molecule has 0 aliphatic heterocycles. The molecule has 1 amide bonds. The summed E-state index contributed by atoms with van der Waals surface area (Å²) in [5.41, 5.74) is 0.928. The Bertz CT molecular complexity index is 938. The molecule has 0 saturated carbocycles. The van der Waals surface area contributed by atoms with Crippen molar-refractivity contribution in [3.05, 3.63) is 78.0 Å². The molecule has 5 heteroatoms. The molecule has 27 heavy (non-hydrogen) atoms. The first-order valence-corrected chi connectivity index (χ1v) is 8.83. The second-order valence-electron chi connectivity index (χ2n) is 7.34. The third kappa shape index (κ3) is 5.09. The summed E-state index contributed by atoms with van der Waals surface area (Å²) in [6.07, 6.45) is 1.33. The van der Waals surface area contributed by atoms with Crippen LogP contribution in [-0.2, 0) is 6.42 Å². The second-order valence-corrected chi connectivity index (χ2v) is 7.34. The van der Waals surface area contributed by atoms with Crippen LogP contribution in [0.2, 0.25) is 0 Å². The molecule has 0 bridgehead atoms. The molecule has 1 atom stereocenters. The second kappa shape index (κ2) is 7.43. The number of carbonyl (C=O) groups excluding carboxylic acids is 1. The fourth-order valence-corrected chi connectivity index (χ4v) is 3.42. The Kier molecular flexibility index (Phi) is 5.22. The minimum atomic E-state index is -2.90. The van der Waals surface area contributed by atoms with Crippen molar-refractivity contribution in [2.75, 3.05) is 0 Å². The summed E-state index contributed by atoms with van der Waals surface area (Å²) in [6.45, 7) is 2.53. The zero-order valence-electron chi connectivity index (χ0n) is 15.4. The normalized spacial score (nSPS) is 13.9. The Morgan fingerprint density at radius 1 is 1.04 bits per heavy atom. The number of halogens is 2. The summed E-state index contributed by atoms with van der Waals surface area (Å²) < 4.78 is 27.6. The third-order valence-corrected chi connectivity index (χ3v) is 4.41. The van der Waals surface area contributed by atoms with Gasteiger partial charge >= 0.3 is 0 Å². The van der Waals surface area contributed by atoms with E-state index in [2.05, 4.69) is 10.3 Å². The van der Waals surface area contributed by atoms with Gasteiger partial charge in [-0.1, -0.05) is 48.5 Å². The van der Waals surface area contributed by atoms with Gasteiger partial charge in [-0.3, -0.25) is 9.78 Å². The number of alkyl halides is 2. The zero-order valence-corrected chi connectivity index (χ0v) is 15.4. The lowest BCUT2D eigenvalue weighted by atomic mass is 9.86. The summed E-state index contributed by atoms with van der Waals surface area (Å²) in [5.74, 6) is -3.31. The van der Waals surface area contributed by atoms with Crippen molar-refractivity contribution in [3.8, 4) is 0 Å². The van der Waals surface area contributed by atoms with Gasteiger partial charge in [0.15, 0.2) is 0 Å². The first kappa shape index (κ1) is 19.0. The van der Waals surface area contributed by atoms with Crippen LogP contribution in [0.15, 0.2) is 66.9 Å². The summed E-state index contributed by atoms with van der Waals surface area (Å²) in [4.78, 5) is 17.1. The molecule has 0 spiro atoms. The molecule has 0 saturated heterocycles. The SMILES string of the molecule is CC(F)(F)CC(C)(Cc1ccccc1)NC(=O)c1cnc2ccccc2c1. The lowest BCUT2D eigenvalue weighted by Crippen LogP contribution is -2.50. The topological polar surface area (TPSA) is 42.0 Å². The maximum absolute atomic E-state index is 13.8. The molecule has 3 aromatic rings. The van der Waals surface area contributed by atoms with E-state index in [-0.39, 0.29) is 0 Å². The van der Waals surface area contributed by atoms with Crippen LogP contribution in [0.25, 0.3) is 10.9 Å². The zero-order chi connectivity index (χ0) is 19.5. The predicted octanol–water partition coefficient (Wildman–Crippen LogP) is 5.01. The van der Waals surface area contributed by atoms with Crippen LogP contribution in [0.1, 0.15) is 36.2 Å². The van der Waals surface area contributed by atoms with Gasteiger partial charge in [-0.2, -0.15) is 0 Å². The molecule has 3 nitrogen and oxygen atoms in total. The quantitative estimate of drug-likeness (QED) is 0.664. The molecular formula is C22H22F2N2O. The highest BCUT2D eigenvalue weighted by Crippen LogP contribution is 2.29. The van der Waals surface area contributed by atoms with Gasteiger partial charge in [0.25, 0.3) is 5.91 Å². The number of amides is 1. The minimum Gasteiger partial charge on any atom is -0.346 e. The van der Waals surface area contributed by atoms with Crippen LogP contribution in [0.4, 0.5) is 8.78 Å². The molecule has 0 fully saturated rings. The Hall–Kier alpha value is -2.82. The fraction of sp³-hybridized carbons (Fsp3) is 0.273. The van der Waals surface area contributed by atoms with E-state index in [9.17, 15) is 13.6 Å². The van der Waals surface area contributed by atoms with Crippen LogP contribution in [-0.4, -0.2) is 22.4 Å². The first-order chi connectivity index (χ1) is 12.7. The van der Waals surface area contributed by atoms with Gasteiger partial charge in [-0.15, -0.1) is 0 Å². The number of hydrogen-bond acceptors (Lipinski definition) is 2. The molecule has 0 aliphatic rings. The Morgan fingerprint density at radius 3 is 2.41 bits per heavy atom. The van der Waals surface area contributed by atoms with E-state index >= 15 is 0 Å². The molecule has 1 unspecified atom stereocenters. The smallest absolute Gasteiger partial charge is 0.253 e. The van der Waals surface area contributed by atoms with E-state index in [1.807, 2.05) is 54.6 Å². The van der Waals surface area contributed by atoms with Crippen molar-refractivity contribution in [2.45, 2.75) is 38.2 Å². The first-order valence-electron chi connectivity index (χ1n) is 8.83. The van der Waals surface area contributed by atoms with Crippen LogP contribution in [0.3, 0.4) is 0 Å². The van der Waals surface area contributed by atoms with E-state index in [0.29, 0.717) is 12.0 Å². The minimum absolute atomic E-state index is 0.310. The van der Waals surface area contributed by atoms with Crippen LogP contribution >= 0.6 is 0 Å². The number of carbonyl (C=O) groups is 1. The molecule has 0 aliphatic carbocycles. The van der Waals surface area contributed by atoms with Gasteiger partial charge in [0, 0.05) is 23.5 Å². The van der Waals surface area contributed by atoms with E-state index in [1.54, 1.807) is 13.0 Å². The molecular weight excluding hydrogens is 346 g/mol. The van der Waals surface area contributed by atoms with Gasteiger partial charge in [0.05, 0.1) is 11.1 Å². The standard InChI is InChI=1S/C22H22F2N2O/c1-21(15-22(2,23)24,13-16-8-4-3-5-9-16)26-20(27)18-12-17-10-6-7-11-19(17)25-14-18/h3-12,14H,13,15H2,1-2H3,(H,26,27). The van der Waals surface area contributed by atoms with E-state index in [1.165, 1.54) is 6.20 Å². The number of nitrogens with one attached hydrogen (secondary N) is 1. The van der Waals surface area contributed by atoms with E-state index < -0.39 is 23.8 Å². The highest BCUT2D eigenvalue weighted by Gasteiger charge is 2.37. The Balaban J connectivity index is 1.86. The highest BCUT2D eigenvalue weighted by molar-refractivity contribution is 5.97. The molecule has 1 N–H and O–H groups in total. The van der Waals surface area contributed by atoms with Crippen molar-refractivity contribution >= 4 is 16.8 Å². The number of benzene rings is 2. The van der Waals surface area contributed by atoms with E-state index in [4.69, 9.17) is 0 Å². The highest BCUT2D eigenvalue weighted by atomic mass is 19.3. The summed E-state index contributed by atoms with van der Waals surface area (Å²) in [6, 6.07) is 18.5. The maximum atomic E-state index is 13.8. The Labute approximate surface area is 157 Å². The van der Waals surface area contributed by atoms with Crippen molar-refractivity contribution in [3.63, 3.8) is 0 Å². The van der Waals surface area contributed by atoms with Crippen molar-refractivity contribution in [1.29, 1.82) is 0 Å². The number of aromatic nitrogens is 1. The fourth-order valence-electron chi connectivity index (χ4n) is 3.42. The molecule has 140 valence electrons. The van der Waals surface area contributed by atoms with Crippen LogP contribution < -0.4 is 5.32 Å². The summed E-state index contributed by atoms with van der Waals surface area (Å²) >= 11 is 0. The molecule has 0 radical (unpaired) electrons. The van der Waals surface area contributed by atoms with Crippen LogP contribution in [0.5, 0.6) is 0 Å². The van der Waals surface area contributed by atoms with E-state index in [0.717, 1.165) is 23.4 Å². The van der Waals surface area contributed by atoms with Crippen molar-refractivity contribution < 1.29 is 13.6 Å². The lowest BCUT2D eigenvalue weighted by molar-refractivity contribution is -0.0121. The number of nitrogens with zero attached hydrogens (tertiary/aromatic N) is 1. The summed E-state index contributed by atoms with van der Waals surface area (Å²) in [5, 5.41) is 3.65. The van der Waals surface area contributed by atoms with Gasteiger partial charge in [-0.25, -0.2) is 8.78 Å². The maximum Gasteiger partial charge on any atom is 0.253 e. The number of hydrogen-bond donors (Lipinski definition) is 1. The number of pyridine rings is 1. The molecule has 1 aromatic heterocycles. The van der Waals surface area contributed by atoms with Crippen molar-refractivity contribution in [2.24, 2.45) is 0 Å². The number of fused-ring (bicyclic) bond motifs is 1. The molecule has 2 aromatic carbocycles. The molecule has 3 rings (SSSR count). The predicted molar refractivity (Wildman–Crippen MR) is 103 cm³/mol. The third-order valence-electron chi connectivity index (χ3n) is 4.41. The van der Waals surface area contributed by atoms with Gasteiger partial charge in [-0.05, 0) is 38.0 Å². The van der Waals surface area contributed by atoms with Crippen molar-refractivity contribution in [1.82, 2.24) is 10.3 Å². The van der Waals surface area contributed by atoms with Gasteiger partial charge in [0.1, 0.15) is 0 Å². The molecule has 1 heterocycles.